The summed E-state index contributed by atoms with van der Waals surface area (Å²) in [6.07, 6.45) is 4.49. The van der Waals surface area contributed by atoms with Crippen LogP contribution < -0.4 is 10.1 Å². The molecule has 0 spiro atoms. The first-order valence-electron chi connectivity index (χ1n) is 9.43. The standard InChI is InChI=1S/C21H18FN7O2/c1-13(2)29-12-25-28-20(29)18-4-3-5-19(26-18)27-21(30)16-10-14(6-7-17(16)22)31-15-8-9-23-24-11-15/h3-13H,1-2H3,(H,26,27,30). The lowest BCUT2D eigenvalue weighted by Gasteiger charge is -2.11. The molecule has 1 aromatic carbocycles. The molecule has 0 fully saturated rings. The number of anilines is 1. The number of aromatic nitrogens is 6. The van der Waals surface area contributed by atoms with Gasteiger partial charge in [-0.15, -0.1) is 10.2 Å². The highest BCUT2D eigenvalue weighted by Gasteiger charge is 2.16. The van der Waals surface area contributed by atoms with Crippen LogP contribution in [0.15, 0.2) is 61.2 Å². The molecule has 4 aromatic rings. The lowest BCUT2D eigenvalue weighted by atomic mass is 10.2. The molecule has 0 saturated carbocycles. The molecule has 0 unspecified atom stereocenters. The molecule has 3 heterocycles. The Morgan fingerprint density at radius 1 is 1.10 bits per heavy atom. The van der Waals surface area contributed by atoms with Crippen LogP contribution in [0.1, 0.15) is 30.2 Å². The Labute approximate surface area is 177 Å². The van der Waals surface area contributed by atoms with Gasteiger partial charge in [0.2, 0.25) is 0 Å². The average molecular weight is 419 g/mol. The van der Waals surface area contributed by atoms with Gasteiger partial charge < -0.3 is 14.6 Å². The molecule has 0 atom stereocenters. The summed E-state index contributed by atoms with van der Waals surface area (Å²) in [6.45, 7) is 4.00. The minimum atomic E-state index is -0.687. The molecular formula is C21H18FN7O2. The molecule has 10 heteroatoms. The van der Waals surface area contributed by atoms with E-state index in [1.807, 2.05) is 18.4 Å². The second-order valence-electron chi connectivity index (χ2n) is 6.84. The predicted molar refractivity (Wildman–Crippen MR) is 110 cm³/mol. The van der Waals surface area contributed by atoms with E-state index in [0.29, 0.717) is 17.3 Å². The summed E-state index contributed by atoms with van der Waals surface area (Å²) in [5, 5.41) is 18.0. The van der Waals surface area contributed by atoms with E-state index >= 15 is 0 Å². The van der Waals surface area contributed by atoms with Gasteiger partial charge in [-0.1, -0.05) is 6.07 Å². The highest BCUT2D eigenvalue weighted by atomic mass is 19.1. The number of carbonyl (C=O) groups is 1. The molecule has 0 radical (unpaired) electrons. The lowest BCUT2D eigenvalue weighted by Crippen LogP contribution is -2.15. The topological polar surface area (TPSA) is 108 Å². The van der Waals surface area contributed by atoms with Crippen molar-refractivity contribution in [2.24, 2.45) is 0 Å². The Balaban J connectivity index is 1.56. The largest absolute Gasteiger partial charge is 0.456 e. The van der Waals surface area contributed by atoms with Gasteiger partial charge in [-0.25, -0.2) is 9.37 Å². The SMILES string of the molecule is CC(C)n1cnnc1-c1cccc(NC(=O)c2cc(Oc3ccnnc3)ccc2F)n1. The van der Waals surface area contributed by atoms with Gasteiger partial charge >= 0.3 is 0 Å². The number of pyridine rings is 1. The molecule has 0 aliphatic heterocycles. The first-order valence-corrected chi connectivity index (χ1v) is 9.43. The van der Waals surface area contributed by atoms with Crippen molar-refractivity contribution in [1.82, 2.24) is 29.9 Å². The number of halogens is 1. The molecule has 4 rings (SSSR count). The number of benzene rings is 1. The molecule has 0 aliphatic carbocycles. The van der Waals surface area contributed by atoms with Crippen LogP contribution in [0.3, 0.4) is 0 Å². The van der Waals surface area contributed by atoms with Gasteiger partial charge in [0, 0.05) is 12.1 Å². The van der Waals surface area contributed by atoms with Crippen molar-refractivity contribution in [2.75, 3.05) is 5.32 Å². The Morgan fingerprint density at radius 3 is 2.74 bits per heavy atom. The first kappa shape index (κ1) is 20.1. The number of rotatable bonds is 6. The fraction of sp³-hybridized carbons (Fsp3) is 0.143. The predicted octanol–water partition coefficient (Wildman–Crippen LogP) is 3.89. The quantitative estimate of drug-likeness (QED) is 0.505. The van der Waals surface area contributed by atoms with Crippen molar-refractivity contribution in [3.05, 3.63) is 72.6 Å². The van der Waals surface area contributed by atoms with Crippen LogP contribution in [0, 0.1) is 5.82 Å². The van der Waals surface area contributed by atoms with Crippen LogP contribution >= 0.6 is 0 Å². The van der Waals surface area contributed by atoms with Crippen molar-refractivity contribution >= 4 is 11.7 Å². The summed E-state index contributed by atoms with van der Waals surface area (Å²) in [5.74, 6) is 0.172. The monoisotopic (exact) mass is 419 g/mol. The first-order chi connectivity index (χ1) is 15.0. The van der Waals surface area contributed by atoms with E-state index < -0.39 is 11.7 Å². The maximum atomic E-state index is 14.3. The van der Waals surface area contributed by atoms with Crippen LogP contribution in [0.25, 0.3) is 11.5 Å². The maximum absolute atomic E-state index is 14.3. The third-order valence-electron chi connectivity index (χ3n) is 4.32. The summed E-state index contributed by atoms with van der Waals surface area (Å²) in [5.41, 5.74) is 0.351. The van der Waals surface area contributed by atoms with Gasteiger partial charge in [0.15, 0.2) is 5.82 Å². The molecule has 1 amide bonds. The Bertz CT molecular complexity index is 1210. The molecule has 156 valence electrons. The molecule has 9 nitrogen and oxygen atoms in total. The van der Waals surface area contributed by atoms with Gasteiger partial charge in [-0.05, 0) is 44.2 Å². The highest BCUT2D eigenvalue weighted by Crippen LogP contribution is 2.24. The Morgan fingerprint density at radius 2 is 1.97 bits per heavy atom. The second kappa shape index (κ2) is 8.66. The van der Waals surface area contributed by atoms with Crippen LogP contribution in [0.5, 0.6) is 11.5 Å². The minimum Gasteiger partial charge on any atom is -0.456 e. The summed E-state index contributed by atoms with van der Waals surface area (Å²) in [4.78, 5) is 17.1. The molecule has 0 saturated heterocycles. The third kappa shape index (κ3) is 4.53. The average Bonchev–Trinajstić information content (AvgIpc) is 3.26. The van der Waals surface area contributed by atoms with Crippen molar-refractivity contribution in [3.8, 4) is 23.0 Å². The van der Waals surface area contributed by atoms with Gasteiger partial charge in [-0.3, -0.25) is 4.79 Å². The fourth-order valence-electron chi connectivity index (χ4n) is 2.83. The summed E-state index contributed by atoms with van der Waals surface area (Å²) < 4.78 is 21.8. The normalized spacial score (nSPS) is 10.8. The highest BCUT2D eigenvalue weighted by molar-refractivity contribution is 6.04. The molecule has 1 N–H and O–H groups in total. The zero-order chi connectivity index (χ0) is 21.8. The second-order valence-corrected chi connectivity index (χ2v) is 6.84. The fourth-order valence-corrected chi connectivity index (χ4v) is 2.83. The van der Waals surface area contributed by atoms with Crippen molar-refractivity contribution in [3.63, 3.8) is 0 Å². The third-order valence-corrected chi connectivity index (χ3v) is 4.32. The van der Waals surface area contributed by atoms with Gasteiger partial charge in [-0.2, -0.15) is 10.2 Å². The van der Waals surface area contributed by atoms with Gasteiger partial charge in [0.25, 0.3) is 5.91 Å². The van der Waals surface area contributed by atoms with E-state index in [-0.39, 0.29) is 23.2 Å². The number of nitrogens with one attached hydrogen (secondary N) is 1. The number of amides is 1. The van der Waals surface area contributed by atoms with Crippen molar-refractivity contribution < 1.29 is 13.9 Å². The van der Waals surface area contributed by atoms with E-state index in [2.05, 4.69) is 30.7 Å². The number of hydrogen-bond donors (Lipinski definition) is 1. The van der Waals surface area contributed by atoms with Crippen LogP contribution in [0.4, 0.5) is 10.2 Å². The van der Waals surface area contributed by atoms with Crippen LogP contribution in [-0.4, -0.2) is 35.9 Å². The van der Waals surface area contributed by atoms with E-state index in [1.165, 1.54) is 24.5 Å². The van der Waals surface area contributed by atoms with E-state index in [1.54, 1.807) is 30.6 Å². The van der Waals surface area contributed by atoms with Gasteiger partial charge in [0.05, 0.1) is 18.0 Å². The molecular weight excluding hydrogens is 401 g/mol. The van der Waals surface area contributed by atoms with Crippen molar-refractivity contribution in [1.29, 1.82) is 0 Å². The molecule has 0 aliphatic rings. The van der Waals surface area contributed by atoms with Gasteiger partial charge in [0.1, 0.15) is 35.2 Å². The minimum absolute atomic E-state index is 0.137. The number of ether oxygens (including phenoxy) is 1. The molecule has 31 heavy (non-hydrogen) atoms. The zero-order valence-corrected chi connectivity index (χ0v) is 16.7. The summed E-state index contributed by atoms with van der Waals surface area (Å²) in [7, 11) is 0. The van der Waals surface area contributed by atoms with Crippen LogP contribution in [0.2, 0.25) is 0 Å². The lowest BCUT2D eigenvalue weighted by molar-refractivity contribution is 0.102. The Kier molecular flexibility index (Phi) is 5.61. The number of nitrogens with zero attached hydrogens (tertiary/aromatic N) is 6. The number of carbonyl (C=O) groups excluding carboxylic acids is 1. The summed E-state index contributed by atoms with van der Waals surface area (Å²) >= 11 is 0. The van der Waals surface area contributed by atoms with E-state index in [9.17, 15) is 9.18 Å². The smallest absolute Gasteiger partial charge is 0.259 e. The molecule has 3 aromatic heterocycles. The van der Waals surface area contributed by atoms with Crippen molar-refractivity contribution in [2.45, 2.75) is 19.9 Å². The van der Waals surface area contributed by atoms with E-state index in [4.69, 9.17) is 4.74 Å². The maximum Gasteiger partial charge on any atom is 0.259 e. The zero-order valence-electron chi connectivity index (χ0n) is 16.7. The number of hydrogen-bond acceptors (Lipinski definition) is 7. The summed E-state index contributed by atoms with van der Waals surface area (Å²) in [6, 6.07) is 10.7. The Hall–Kier alpha value is -4.21. The van der Waals surface area contributed by atoms with E-state index in [0.717, 1.165) is 6.07 Å². The van der Waals surface area contributed by atoms with Crippen LogP contribution in [-0.2, 0) is 0 Å². The molecule has 0 bridgehead atoms.